The van der Waals surface area contributed by atoms with Crippen molar-refractivity contribution in [2.75, 3.05) is 13.1 Å². The Morgan fingerprint density at radius 3 is 2.41 bits per heavy atom. The fourth-order valence-corrected chi connectivity index (χ4v) is 3.01. The molecule has 1 aromatic carbocycles. The van der Waals surface area contributed by atoms with Gasteiger partial charge in [-0.05, 0) is 42.4 Å². The minimum Gasteiger partial charge on any atom is -0.352 e. The molecule has 0 aliphatic carbocycles. The summed E-state index contributed by atoms with van der Waals surface area (Å²) in [5.74, 6) is -0.483. The van der Waals surface area contributed by atoms with E-state index in [4.69, 9.17) is 5.73 Å². The van der Waals surface area contributed by atoms with Crippen LogP contribution in [0.4, 0.5) is 4.39 Å². The lowest BCUT2D eigenvalue weighted by molar-refractivity contribution is -0.138. The van der Waals surface area contributed by atoms with E-state index in [-0.39, 0.29) is 41.4 Å². The molecule has 0 aromatic heterocycles. The second kappa shape index (κ2) is 9.51. The molecule has 1 atom stereocenters. The largest absolute Gasteiger partial charge is 0.352 e. The van der Waals surface area contributed by atoms with Crippen molar-refractivity contribution in [2.24, 2.45) is 17.1 Å². The van der Waals surface area contributed by atoms with Crippen molar-refractivity contribution in [1.82, 2.24) is 10.2 Å². The highest BCUT2D eigenvalue weighted by molar-refractivity contribution is 5.85. The van der Waals surface area contributed by atoms with Gasteiger partial charge in [0, 0.05) is 25.6 Å². The molecule has 1 aliphatic heterocycles. The third kappa shape index (κ3) is 6.18. The van der Waals surface area contributed by atoms with E-state index in [0.29, 0.717) is 38.0 Å². The normalized spacial score (nSPS) is 16.4. The summed E-state index contributed by atoms with van der Waals surface area (Å²) in [6, 6.07) is 4.43. The van der Waals surface area contributed by atoms with Crippen molar-refractivity contribution in [3.05, 3.63) is 35.1 Å². The Labute approximate surface area is 167 Å². The SMILES string of the molecule is Cc1ccc(CNC(=O)C2CCN(C(=O)[C@@H](N)C(C)(C)C)CC2)cc1F.Cl. The number of halogens is 2. The van der Waals surface area contributed by atoms with Gasteiger partial charge in [-0.25, -0.2) is 4.39 Å². The van der Waals surface area contributed by atoms with Crippen LogP contribution in [0.25, 0.3) is 0 Å². The number of nitrogens with zero attached hydrogens (tertiary/aromatic N) is 1. The number of benzene rings is 1. The lowest BCUT2D eigenvalue weighted by Gasteiger charge is -2.36. The lowest BCUT2D eigenvalue weighted by Crippen LogP contribution is -2.53. The summed E-state index contributed by atoms with van der Waals surface area (Å²) in [6.07, 6.45) is 1.24. The molecule has 1 saturated heterocycles. The molecule has 2 amide bonds. The highest BCUT2D eigenvalue weighted by Gasteiger charge is 2.34. The third-order valence-corrected chi connectivity index (χ3v) is 5.08. The van der Waals surface area contributed by atoms with Crippen molar-refractivity contribution in [2.45, 2.75) is 53.1 Å². The number of nitrogens with two attached hydrogens (primary N) is 1. The van der Waals surface area contributed by atoms with E-state index in [1.54, 1.807) is 17.9 Å². The molecule has 1 heterocycles. The molecular weight excluding hydrogens is 369 g/mol. The number of piperidine rings is 1. The molecule has 152 valence electrons. The fraction of sp³-hybridized carbons (Fsp3) is 0.600. The van der Waals surface area contributed by atoms with E-state index >= 15 is 0 Å². The molecular formula is C20H31ClFN3O2. The molecule has 2 rings (SSSR count). The van der Waals surface area contributed by atoms with Gasteiger partial charge in [0.2, 0.25) is 11.8 Å². The van der Waals surface area contributed by atoms with Crippen LogP contribution in [0.2, 0.25) is 0 Å². The summed E-state index contributed by atoms with van der Waals surface area (Å²) in [6.45, 7) is 8.94. The van der Waals surface area contributed by atoms with Crippen molar-refractivity contribution in [1.29, 1.82) is 0 Å². The Kier molecular flexibility index (Phi) is 8.23. The monoisotopic (exact) mass is 399 g/mol. The van der Waals surface area contributed by atoms with Gasteiger partial charge >= 0.3 is 0 Å². The molecule has 1 aliphatic rings. The smallest absolute Gasteiger partial charge is 0.240 e. The second-order valence-electron chi connectivity index (χ2n) is 8.24. The van der Waals surface area contributed by atoms with Crippen LogP contribution in [-0.4, -0.2) is 35.8 Å². The van der Waals surface area contributed by atoms with Crippen molar-refractivity contribution < 1.29 is 14.0 Å². The van der Waals surface area contributed by atoms with Crippen LogP contribution in [0.5, 0.6) is 0 Å². The van der Waals surface area contributed by atoms with E-state index in [1.807, 2.05) is 26.8 Å². The summed E-state index contributed by atoms with van der Waals surface area (Å²) >= 11 is 0. The second-order valence-corrected chi connectivity index (χ2v) is 8.24. The van der Waals surface area contributed by atoms with Crippen LogP contribution in [0.1, 0.15) is 44.7 Å². The van der Waals surface area contributed by atoms with E-state index in [0.717, 1.165) is 5.56 Å². The zero-order valence-electron chi connectivity index (χ0n) is 16.5. The van der Waals surface area contributed by atoms with Crippen LogP contribution < -0.4 is 11.1 Å². The first-order valence-electron chi connectivity index (χ1n) is 9.16. The minimum absolute atomic E-state index is 0. The zero-order chi connectivity index (χ0) is 19.5. The van der Waals surface area contributed by atoms with Crippen LogP contribution in [0, 0.1) is 24.1 Å². The molecule has 0 radical (unpaired) electrons. The zero-order valence-corrected chi connectivity index (χ0v) is 17.4. The van der Waals surface area contributed by atoms with Crippen molar-refractivity contribution in [3.8, 4) is 0 Å². The summed E-state index contributed by atoms with van der Waals surface area (Å²) in [5.41, 5.74) is 7.10. The van der Waals surface area contributed by atoms with Crippen LogP contribution in [0.15, 0.2) is 18.2 Å². The molecule has 0 unspecified atom stereocenters. The van der Waals surface area contributed by atoms with Gasteiger partial charge < -0.3 is 16.0 Å². The fourth-order valence-electron chi connectivity index (χ4n) is 3.01. The summed E-state index contributed by atoms with van der Waals surface area (Å²) in [7, 11) is 0. The first-order valence-corrected chi connectivity index (χ1v) is 9.16. The number of nitrogens with one attached hydrogen (secondary N) is 1. The minimum atomic E-state index is -0.538. The maximum atomic E-state index is 13.6. The molecule has 0 saturated carbocycles. The standard InChI is InChI=1S/C20H30FN3O2.ClH/c1-13-5-6-14(11-16(13)21)12-23-18(25)15-7-9-24(10-8-15)19(26)17(22)20(2,3)4;/h5-6,11,15,17H,7-10,12,22H2,1-4H3,(H,23,25);1H/t17-;/m1./s1. The van der Waals surface area contributed by atoms with Crippen LogP contribution in [-0.2, 0) is 16.1 Å². The number of amides is 2. The quantitative estimate of drug-likeness (QED) is 0.817. The van der Waals surface area contributed by atoms with Crippen molar-refractivity contribution in [3.63, 3.8) is 0 Å². The maximum absolute atomic E-state index is 13.6. The molecule has 7 heteroatoms. The van der Waals surface area contributed by atoms with Crippen LogP contribution in [0.3, 0.4) is 0 Å². The Bertz CT molecular complexity index is 668. The van der Waals surface area contributed by atoms with E-state index in [9.17, 15) is 14.0 Å². The molecule has 0 bridgehead atoms. The van der Waals surface area contributed by atoms with Gasteiger partial charge in [-0.15, -0.1) is 12.4 Å². The predicted molar refractivity (Wildman–Crippen MR) is 107 cm³/mol. The Hall–Kier alpha value is -1.66. The summed E-state index contributed by atoms with van der Waals surface area (Å²) in [4.78, 5) is 26.6. The number of hydrogen-bond donors (Lipinski definition) is 2. The molecule has 27 heavy (non-hydrogen) atoms. The van der Waals surface area contributed by atoms with Gasteiger partial charge in [-0.1, -0.05) is 32.9 Å². The number of rotatable bonds is 4. The average Bonchev–Trinajstić information content (AvgIpc) is 2.60. The van der Waals surface area contributed by atoms with Gasteiger partial charge in [0.15, 0.2) is 0 Å². The van der Waals surface area contributed by atoms with E-state index in [2.05, 4.69) is 5.32 Å². The summed E-state index contributed by atoms with van der Waals surface area (Å²) in [5, 5.41) is 2.87. The maximum Gasteiger partial charge on any atom is 0.240 e. The number of aryl methyl sites for hydroxylation is 1. The number of carbonyl (C=O) groups is 2. The topological polar surface area (TPSA) is 75.4 Å². The Morgan fingerprint density at radius 1 is 1.30 bits per heavy atom. The first-order chi connectivity index (χ1) is 12.1. The van der Waals surface area contributed by atoms with Gasteiger partial charge in [0.25, 0.3) is 0 Å². The van der Waals surface area contributed by atoms with Gasteiger partial charge in [-0.3, -0.25) is 9.59 Å². The molecule has 0 spiro atoms. The van der Waals surface area contributed by atoms with Crippen molar-refractivity contribution >= 4 is 24.2 Å². The number of likely N-dealkylation sites (tertiary alicyclic amines) is 1. The lowest BCUT2D eigenvalue weighted by atomic mass is 9.85. The Morgan fingerprint density at radius 2 is 1.89 bits per heavy atom. The third-order valence-electron chi connectivity index (χ3n) is 5.08. The van der Waals surface area contributed by atoms with Gasteiger partial charge in [0.1, 0.15) is 5.82 Å². The van der Waals surface area contributed by atoms with E-state index in [1.165, 1.54) is 6.07 Å². The van der Waals surface area contributed by atoms with E-state index < -0.39 is 6.04 Å². The number of hydrogen-bond acceptors (Lipinski definition) is 3. The molecule has 5 nitrogen and oxygen atoms in total. The van der Waals surface area contributed by atoms with Gasteiger partial charge in [-0.2, -0.15) is 0 Å². The van der Waals surface area contributed by atoms with Gasteiger partial charge in [0.05, 0.1) is 6.04 Å². The first kappa shape index (κ1) is 23.4. The predicted octanol–water partition coefficient (Wildman–Crippen LogP) is 2.78. The van der Waals surface area contributed by atoms with Crippen LogP contribution >= 0.6 is 12.4 Å². The Balaban J connectivity index is 0.00000364. The number of carbonyl (C=O) groups excluding carboxylic acids is 2. The molecule has 1 aromatic rings. The highest BCUT2D eigenvalue weighted by Crippen LogP contribution is 2.23. The molecule has 1 fully saturated rings. The summed E-state index contributed by atoms with van der Waals surface area (Å²) < 4.78 is 13.6. The average molecular weight is 400 g/mol. The molecule has 3 N–H and O–H groups in total. The highest BCUT2D eigenvalue weighted by atomic mass is 35.5.